The molecule has 5 heterocycles. The summed E-state index contributed by atoms with van der Waals surface area (Å²) in [6.07, 6.45) is 3.31. The number of aromatic nitrogens is 3. The van der Waals surface area contributed by atoms with Crippen molar-refractivity contribution in [3.8, 4) is 21.8 Å². The summed E-state index contributed by atoms with van der Waals surface area (Å²) in [4.78, 5) is 25.6. The van der Waals surface area contributed by atoms with Gasteiger partial charge in [0.2, 0.25) is 0 Å². The molecule has 46 heavy (non-hydrogen) atoms. The maximum atomic E-state index is 12.7. The maximum absolute atomic E-state index is 12.7. The summed E-state index contributed by atoms with van der Waals surface area (Å²) in [5, 5.41) is 11.8. The number of likely N-dealkylation sites (tertiary alicyclic amines) is 1. The molecule has 3 aromatic heterocycles. The minimum absolute atomic E-state index is 0.455. The van der Waals surface area contributed by atoms with Crippen molar-refractivity contribution in [2.75, 3.05) is 26.3 Å². The fraction of sp³-hybridized carbons (Fsp3) is 0.417. The molecule has 1 unspecified atom stereocenters. The van der Waals surface area contributed by atoms with E-state index in [4.69, 9.17) is 31.0 Å². The van der Waals surface area contributed by atoms with Crippen molar-refractivity contribution < 1.29 is 19.4 Å². The highest BCUT2D eigenvalue weighted by atomic mass is 35.5. The van der Waals surface area contributed by atoms with Gasteiger partial charge in [0.25, 0.3) is 0 Å². The van der Waals surface area contributed by atoms with Crippen LogP contribution in [-0.4, -0.2) is 68.5 Å². The number of hydrogen-bond acceptors (Lipinski definition) is 7. The van der Waals surface area contributed by atoms with Gasteiger partial charge in [0.15, 0.2) is 6.10 Å². The van der Waals surface area contributed by atoms with E-state index >= 15 is 0 Å². The van der Waals surface area contributed by atoms with Crippen LogP contribution in [0.15, 0.2) is 48.7 Å². The summed E-state index contributed by atoms with van der Waals surface area (Å²) >= 11 is 7.81. The maximum Gasteiger partial charge on any atom is 0.337 e. The first kappa shape index (κ1) is 31.3. The average Bonchev–Trinajstić information content (AvgIpc) is 3.55. The summed E-state index contributed by atoms with van der Waals surface area (Å²) < 4.78 is 14.7. The number of pyridine rings is 1. The van der Waals surface area contributed by atoms with E-state index in [1.807, 2.05) is 64.1 Å². The van der Waals surface area contributed by atoms with Gasteiger partial charge in [-0.1, -0.05) is 23.7 Å². The van der Waals surface area contributed by atoms with E-state index in [1.165, 1.54) is 16.9 Å². The Bertz CT molecular complexity index is 1930. The van der Waals surface area contributed by atoms with Crippen LogP contribution < -0.4 is 0 Å². The molecule has 2 saturated heterocycles. The van der Waals surface area contributed by atoms with Crippen LogP contribution in [0.4, 0.5) is 0 Å². The highest BCUT2D eigenvalue weighted by Crippen LogP contribution is 2.45. The number of aliphatic carboxylic acids is 1. The summed E-state index contributed by atoms with van der Waals surface area (Å²) in [6, 6.07) is 14.2. The Kier molecular flexibility index (Phi) is 8.18. The van der Waals surface area contributed by atoms with Crippen molar-refractivity contribution in [2.45, 2.75) is 64.2 Å². The molecule has 10 heteroatoms. The third kappa shape index (κ3) is 5.84. The minimum atomic E-state index is -1.16. The lowest BCUT2D eigenvalue weighted by molar-refractivity contribution is -0.160. The van der Waals surface area contributed by atoms with Crippen molar-refractivity contribution in [3.63, 3.8) is 0 Å². The molecule has 2 aliphatic heterocycles. The quantitative estimate of drug-likeness (QED) is 0.190. The highest BCUT2D eigenvalue weighted by Gasteiger charge is 2.33. The van der Waals surface area contributed by atoms with Gasteiger partial charge in [-0.2, -0.15) is 0 Å². The second-order valence-electron chi connectivity index (χ2n) is 13.6. The van der Waals surface area contributed by atoms with Crippen molar-refractivity contribution in [2.24, 2.45) is 7.05 Å². The Balaban J connectivity index is 1.33. The number of rotatable bonds is 7. The number of aryl methyl sites for hydroxylation is 2. The number of fused-ring (bicyclic) bond motifs is 2. The van der Waals surface area contributed by atoms with E-state index in [1.54, 1.807) is 0 Å². The number of nitrogens with zero attached hydrogens (tertiary/aromatic N) is 4. The van der Waals surface area contributed by atoms with Gasteiger partial charge in [0, 0.05) is 29.4 Å². The fourth-order valence-corrected chi connectivity index (χ4v) is 8.08. The van der Waals surface area contributed by atoms with E-state index in [0.29, 0.717) is 22.5 Å². The molecule has 240 valence electrons. The number of halogens is 1. The molecule has 1 N–H and O–H groups in total. The van der Waals surface area contributed by atoms with Gasteiger partial charge in [0.1, 0.15) is 5.01 Å². The lowest BCUT2D eigenvalue weighted by Gasteiger charge is -2.41. The molecule has 2 aliphatic rings. The second kappa shape index (κ2) is 12.0. The van der Waals surface area contributed by atoms with Crippen LogP contribution in [0.5, 0.6) is 0 Å². The lowest BCUT2D eigenvalue weighted by Crippen LogP contribution is -2.51. The molecule has 2 fully saturated rings. The molecular formula is C36H39ClN4O4S. The van der Waals surface area contributed by atoms with E-state index in [9.17, 15) is 9.90 Å². The minimum Gasteiger partial charge on any atom is -0.479 e. The number of hydrogen-bond donors (Lipinski definition) is 1. The number of carboxylic acids is 1. The Hall–Kier alpha value is -3.34. The average molecular weight is 659 g/mol. The number of thiazole rings is 1. The van der Waals surface area contributed by atoms with Crippen LogP contribution >= 0.6 is 22.9 Å². The molecule has 5 aromatic rings. The van der Waals surface area contributed by atoms with Gasteiger partial charge in [-0.3, -0.25) is 4.90 Å². The number of piperidine rings is 1. The summed E-state index contributed by atoms with van der Waals surface area (Å²) in [5.74, 6) is -0.579. The smallest absolute Gasteiger partial charge is 0.337 e. The molecule has 2 aromatic carbocycles. The molecule has 0 saturated carbocycles. The molecule has 0 bridgehead atoms. The standard InChI is InChI=1S/C36H39ClN4O4S/c1-20-16-27-33(30(22-6-8-23(37)9-7-22)29(20)32(35(42)43)45-36(2,3)4)46-34(39-27)26-10-11-28-31(38-26)25(17-40(28)5)21-12-14-41(15-13-21)24-18-44-19-24/h6-11,16-17,21,24,32H,12-15,18-19H2,1-5H3,(H,42,43). The van der Waals surface area contributed by atoms with Gasteiger partial charge in [-0.05, 0) is 107 Å². The van der Waals surface area contributed by atoms with Crippen LogP contribution in [-0.2, 0) is 21.3 Å². The van der Waals surface area contributed by atoms with Crippen molar-refractivity contribution in [3.05, 3.63) is 70.4 Å². The van der Waals surface area contributed by atoms with Gasteiger partial charge in [-0.25, -0.2) is 14.8 Å². The largest absolute Gasteiger partial charge is 0.479 e. The molecule has 0 aliphatic carbocycles. The Labute approximate surface area is 277 Å². The molecule has 0 radical (unpaired) electrons. The molecule has 8 nitrogen and oxygen atoms in total. The topological polar surface area (TPSA) is 89.7 Å². The first-order valence-corrected chi connectivity index (χ1v) is 17.0. The summed E-state index contributed by atoms with van der Waals surface area (Å²) in [6.45, 7) is 11.4. The van der Waals surface area contributed by atoms with Crippen molar-refractivity contribution in [1.82, 2.24) is 19.4 Å². The Morgan fingerprint density at radius 3 is 2.46 bits per heavy atom. The van der Waals surface area contributed by atoms with E-state index in [2.05, 4.69) is 28.8 Å². The zero-order valence-electron chi connectivity index (χ0n) is 26.8. The predicted octanol–water partition coefficient (Wildman–Crippen LogP) is 8.00. The lowest BCUT2D eigenvalue weighted by atomic mass is 9.89. The Morgan fingerprint density at radius 2 is 1.83 bits per heavy atom. The fourth-order valence-electron chi connectivity index (χ4n) is 6.86. The summed E-state index contributed by atoms with van der Waals surface area (Å²) in [7, 11) is 2.09. The van der Waals surface area contributed by atoms with E-state index < -0.39 is 17.7 Å². The number of carbonyl (C=O) groups is 1. The van der Waals surface area contributed by atoms with Crippen LogP contribution in [0.25, 0.3) is 43.1 Å². The molecule has 7 rings (SSSR count). The molecule has 0 amide bonds. The SMILES string of the molecule is Cc1cc2nc(-c3ccc4c(n3)c(C3CCN(C5COC5)CC3)cn4C)sc2c(-c2ccc(Cl)cc2)c1C(OC(C)(C)C)C(=O)O. The van der Waals surface area contributed by atoms with Gasteiger partial charge in [0.05, 0.1) is 51.8 Å². The first-order chi connectivity index (χ1) is 22.0. The van der Waals surface area contributed by atoms with Gasteiger partial charge >= 0.3 is 5.97 Å². The third-order valence-electron chi connectivity index (χ3n) is 9.20. The molecule has 1 atom stereocenters. The van der Waals surface area contributed by atoms with Gasteiger partial charge in [-0.15, -0.1) is 11.3 Å². The van der Waals surface area contributed by atoms with Gasteiger partial charge < -0.3 is 19.1 Å². The zero-order valence-corrected chi connectivity index (χ0v) is 28.4. The first-order valence-electron chi connectivity index (χ1n) is 15.9. The molecular weight excluding hydrogens is 620 g/mol. The monoisotopic (exact) mass is 658 g/mol. The predicted molar refractivity (Wildman–Crippen MR) is 184 cm³/mol. The van der Waals surface area contributed by atoms with Crippen molar-refractivity contribution in [1.29, 1.82) is 0 Å². The van der Waals surface area contributed by atoms with E-state index in [-0.39, 0.29) is 0 Å². The van der Waals surface area contributed by atoms with Crippen LogP contribution in [0.2, 0.25) is 5.02 Å². The number of ether oxygens (including phenoxy) is 2. The highest BCUT2D eigenvalue weighted by molar-refractivity contribution is 7.22. The second-order valence-corrected chi connectivity index (χ2v) is 15.0. The summed E-state index contributed by atoms with van der Waals surface area (Å²) in [5.41, 5.74) is 7.48. The number of benzene rings is 2. The normalized spacial score (nSPS) is 17.5. The zero-order chi connectivity index (χ0) is 32.3. The third-order valence-corrected chi connectivity index (χ3v) is 10.6. The van der Waals surface area contributed by atoms with E-state index in [0.717, 1.165) is 87.8 Å². The van der Waals surface area contributed by atoms with Crippen LogP contribution in [0.1, 0.15) is 62.3 Å². The van der Waals surface area contributed by atoms with Crippen LogP contribution in [0, 0.1) is 6.92 Å². The van der Waals surface area contributed by atoms with Crippen LogP contribution in [0.3, 0.4) is 0 Å². The Morgan fingerprint density at radius 1 is 1.11 bits per heavy atom. The molecule has 0 spiro atoms. The van der Waals surface area contributed by atoms with Crippen molar-refractivity contribution >= 4 is 50.2 Å². The number of carboxylic acid groups (broad SMARTS) is 1.